The first-order valence-electron chi connectivity index (χ1n) is 7.51. The third-order valence-electron chi connectivity index (χ3n) is 3.64. The zero-order valence-corrected chi connectivity index (χ0v) is 12.2. The lowest BCUT2D eigenvalue weighted by molar-refractivity contribution is 0.232. The molecule has 0 radical (unpaired) electrons. The molecule has 3 heteroatoms. The van der Waals surface area contributed by atoms with Gasteiger partial charge in [0.1, 0.15) is 5.75 Å². The summed E-state index contributed by atoms with van der Waals surface area (Å²) in [5.74, 6) is 1.02. The molecule has 1 saturated heterocycles. The van der Waals surface area contributed by atoms with Crippen LogP contribution >= 0.6 is 0 Å². The van der Waals surface area contributed by atoms with Crippen LogP contribution in [-0.2, 0) is 13.0 Å². The third kappa shape index (κ3) is 4.22. The first-order valence-corrected chi connectivity index (χ1v) is 7.51. The fourth-order valence-corrected chi connectivity index (χ4v) is 2.51. The van der Waals surface area contributed by atoms with Gasteiger partial charge in [0.05, 0.1) is 6.61 Å². The van der Waals surface area contributed by atoms with E-state index in [-0.39, 0.29) is 0 Å². The number of nitrogens with one attached hydrogen (secondary N) is 1. The Kier molecular flexibility index (Phi) is 5.67. The lowest BCUT2D eigenvalue weighted by atomic mass is 10.0. The number of rotatable bonds is 6. The van der Waals surface area contributed by atoms with E-state index in [9.17, 15) is 0 Å². The Morgan fingerprint density at radius 2 is 1.95 bits per heavy atom. The Morgan fingerprint density at radius 3 is 2.63 bits per heavy atom. The molecule has 0 amide bonds. The average Bonchev–Trinajstić information content (AvgIpc) is 2.47. The van der Waals surface area contributed by atoms with Crippen LogP contribution in [0.3, 0.4) is 0 Å². The maximum atomic E-state index is 5.72. The quantitative estimate of drug-likeness (QED) is 0.852. The summed E-state index contributed by atoms with van der Waals surface area (Å²) in [5.41, 5.74) is 2.88. The van der Waals surface area contributed by atoms with E-state index in [0.717, 1.165) is 57.9 Å². The van der Waals surface area contributed by atoms with Gasteiger partial charge in [0.2, 0.25) is 0 Å². The molecule has 1 fully saturated rings. The third-order valence-corrected chi connectivity index (χ3v) is 3.64. The summed E-state index contributed by atoms with van der Waals surface area (Å²) >= 11 is 0. The van der Waals surface area contributed by atoms with Crippen molar-refractivity contribution in [2.24, 2.45) is 0 Å². The minimum atomic E-state index is 0.806. The Labute approximate surface area is 116 Å². The molecule has 0 bridgehead atoms. The molecule has 1 aliphatic heterocycles. The van der Waals surface area contributed by atoms with Gasteiger partial charge in [-0.15, -0.1) is 0 Å². The van der Waals surface area contributed by atoms with Crippen molar-refractivity contribution in [2.45, 2.75) is 33.2 Å². The molecule has 106 valence electrons. The van der Waals surface area contributed by atoms with Gasteiger partial charge in [-0.2, -0.15) is 0 Å². The van der Waals surface area contributed by atoms with Crippen molar-refractivity contribution < 1.29 is 4.74 Å². The van der Waals surface area contributed by atoms with Gasteiger partial charge >= 0.3 is 0 Å². The molecule has 0 spiro atoms. The van der Waals surface area contributed by atoms with E-state index in [1.54, 1.807) is 0 Å². The van der Waals surface area contributed by atoms with Gasteiger partial charge in [-0.05, 0) is 36.1 Å². The number of hydrogen-bond acceptors (Lipinski definition) is 3. The number of aryl methyl sites for hydroxylation is 1. The molecule has 0 aliphatic carbocycles. The Hall–Kier alpha value is -1.06. The monoisotopic (exact) mass is 262 g/mol. The maximum Gasteiger partial charge on any atom is 0.119 e. The maximum absolute atomic E-state index is 5.72. The predicted molar refractivity (Wildman–Crippen MR) is 79.8 cm³/mol. The standard InChI is InChI=1S/C16H26N2O/c1-3-11-19-16-6-5-15(14(4-2)12-16)13-18-9-7-17-8-10-18/h5-6,12,17H,3-4,7-11,13H2,1-2H3. The van der Waals surface area contributed by atoms with E-state index in [0.29, 0.717) is 0 Å². The lowest BCUT2D eigenvalue weighted by Gasteiger charge is -2.28. The number of ether oxygens (including phenoxy) is 1. The first kappa shape index (κ1) is 14.4. The van der Waals surface area contributed by atoms with E-state index >= 15 is 0 Å². The minimum absolute atomic E-state index is 0.806. The van der Waals surface area contributed by atoms with Crippen LogP contribution in [0.1, 0.15) is 31.4 Å². The molecule has 0 atom stereocenters. The minimum Gasteiger partial charge on any atom is -0.494 e. The van der Waals surface area contributed by atoms with Gasteiger partial charge in [-0.3, -0.25) is 4.90 Å². The molecule has 1 aromatic rings. The van der Waals surface area contributed by atoms with Crippen LogP contribution in [0.5, 0.6) is 5.75 Å². The number of benzene rings is 1. The van der Waals surface area contributed by atoms with Gasteiger partial charge in [0.25, 0.3) is 0 Å². The van der Waals surface area contributed by atoms with Crippen molar-refractivity contribution >= 4 is 0 Å². The van der Waals surface area contributed by atoms with Crippen LogP contribution in [0.15, 0.2) is 18.2 Å². The number of nitrogens with zero attached hydrogens (tertiary/aromatic N) is 1. The highest BCUT2D eigenvalue weighted by atomic mass is 16.5. The summed E-state index contributed by atoms with van der Waals surface area (Å²) in [6, 6.07) is 6.57. The van der Waals surface area contributed by atoms with Gasteiger partial charge in [-0.1, -0.05) is 19.9 Å². The molecule has 1 aromatic carbocycles. The predicted octanol–water partition coefficient (Wildman–Crippen LogP) is 2.44. The van der Waals surface area contributed by atoms with E-state index in [1.165, 1.54) is 11.1 Å². The van der Waals surface area contributed by atoms with E-state index in [4.69, 9.17) is 4.74 Å². The van der Waals surface area contributed by atoms with Crippen LogP contribution in [0.25, 0.3) is 0 Å². The Balaban J connectivity index is 2.02. The van der Waals surface area contributed by atoms with Gasteiger partial charge in [0.15, 0.2) is 0 Å². The van der Waals surface area contributed by atoms with Crippen molar-refractivity contribution in [2.75, 3.05) is 32.8 Å². The van der Waals surface area contributed by atoms with Crippen LogP contribution in [-0.4, -0.2) is 37.7 Å². The molecule has 3 nitrogen and oxygen atoms in total. The van der Waals surface area contributed by atoms with E-state index in [1.807, 2.05) is 0 Å². The summed E-state index contributed by atoms with van der Waals surface area (Å²) < 4.78 is 5.72. The second kappa shape index (κ2) is 7.51. The summed E-state index contributed by atoms with van der Waals surface area (Å²) in [6.45, 7) is 10.8. The van der Waals surface area contributed by atoms with Crippen LogP contribution in [0, 0.1) is 0 Å². The van der Waals surface area contributed by atoms with Crippen LogP contribution in [0.4, 0.5) is 0 Å². The van der Waals surface area contributed by atoms with Crippen molar-refractivity contribution in [3.8, 4) is 5.75 Å². The second-order valence-electron chi connectivity index (χ2n) is 5.16. The zero-order chi connectivity index (χ0) is 13.5. The van der Waals surface area contributed by atoms with Gasteiger partial charge in [0, 0.05) is 32.7 Å². The average molecular weight is 262 g/mol. The summed E-state index contributed by atoms with van der Waals surface area (Å²) in [5, 5.41) is 3.40. The van der Waals surface area contributed by atoms with Crippen molar-refractivity contribution in [3.63, 3.8) is 0 Å². The van der Waals surface area contributed by atoms with Crippen LogP contribution < -0.4 is 10.1 Å². The first-order chi connectivity index (χ1) is 9.33. The fourth-order valence-electron chi connectivity index (χ4n) is 2.51. The molecular weight excluding hydrogens is 236 g/mol. The zero-order valence-electron chi connectivity index (χ0n) is 12.2. The lowest BCUT2D eigenvalue weighted by Crippen LogP contribution is -2.43. The van der Waals surface area contributed by atoms with Crippen molar-refractivity contribution in [1.29, 1.82) is 0 Å². The second-order valence-corrected chi connectivity index (χ2v) is 5.16. The molecule has 0 aromatic heterocycles. The Bertz CT molecular complexity index is 386. The summed E-state index contributed by atoms with van der Waals surface area (Å²) in [4.78, 5) is 2.53. The molecule has 1 aliphatic rings. The molecule has 0 unspecified atom stereocenters. The molecule has 19 heavy (non-hydrogen) atoms. The van der Waals surface area contributed by atoms with Crippen molar-refractivity contribution in [1.82, 2.24) is 10.2 Å². The fraction of sp³-hybridized carbons (Fsp3) is 0.625. The highest BCUT2D eigenvalue weighted by molar-refractivity contribution is 5.35. The SMILES string of the molecule is CCCOc1ccc(CN2CCNCC2)c(CC)c1. The van der Waals surface area contributed by atoms with Gasteiger partial charge in [-0.25, -0.2) is 0 Å². The number of piperazine rings is 1. The molecule has 0 saturated carbocycles. The molecule has 2 rings (SSSR count). The summed E-state index contributed by atoms with van der Waals surface area (Å²) in [7, 11) is 0. The highest BCUT2D eigenvalue weighted by Gasteiger charge is 2.12. The largest absolute Gasteiger partial charge is 0.494 e. The van der Waals surface area contributed by atoms with E-state index < -0.39 is 0 Å². The Morgan fingerprint density at radius 1 is 1.16 bits per heavy atom. The molecular formula is C16H26N2O. The van der Waals surface area contributed by atoms with E-state index in [2.05, 4.69) is 42.3 Å². The van der Waals surface area contributed by atoms with Crippen molar-refractivity contribution in [3.05, 3.63) is 29.3 Å². The molecule has 1 N–H and O–H groups in total. The topological polar surface area (TPSA) is 24.5 Å². The highest BCUT2D eigenvalue weighted by Crippen LogP contribution is 2.20. The van der Waals surface area contributed by atoms with Crippen LogP contribution in [0.2, 0.25) is 0 Å². The normalized spacial score (nSPS) is 16.5. The molecule has 1 heterocycles. The van der Waals surface area contributed by atoms with Gasteiger partial charge < -0.3 is 10.1 Å². The number of hydrogen-bond donors (Lipinski definition) is 1. The smallest absolute Gasteiger partial charge is 0.119 e. The summed E-state index contributed by atoms with van der Waals surface area (Å²) in [6.07, 6.45) is 2.13.